The number of anilines is 1. The topological polar surface area (TPSA) is 117 Å². The molecule has 0 unspecified atom stereocenters. The molecular weight excluding hydrogens is 534 g/mol. The number of guanidine groups is 1. The van der Waals surface area contributed by atoms with Crippen LogP contribution in [0.5, 0.6) is 0 Å². The lowest BCUT2D eigenvalue weighted by Crippen LogP contribution is -2.38. The minimum Gasteiger partial charge on any atom is -0.382 e. The van der Waals surface area contributed by atoms with Gasteiger partial charge in [-0.15, -0.1) is 24.0 Å². The molecule has 0 aliphatic carbocycles. The van der Waals surface area contributed by atoms with Crippen molar-refractivity contribution in [2.45, 2.75) is 26.2 Å². The summed E-state index contributed by atoms with van der Waals surface area (Å²) in [5.74, 6) is 0.644. The number of halogens is 2. The number of nitrogens with one attached hydrogen (secondary N) is 2. The number of hydrogen-bond acceptors (Lipinski definition) is 5. The van der Waals surface area contributed by atoms with Crippen molar-refractivity contribution in [3.05, 3.63) is 71.4 Å². The van der Waals surface area contributed by atoms with Gasteiger partial charge in [0.25, 0.3) is 0 Å². The van der Waals surface area contributed by atoms with Crippen LogP contribution in [0.3, 0.4) is 0 Å². The number of aryl methyl sites for hydroxylation is 1. The highest BCUT2D eigenvalue weighted by molar-refractivity contribution is 14.0. The zero-order valence-corrected chi connectivity index (χ0v) is 20.8. The fraction of sp³-hybridized carbons (Fsp3) is 0.304. The molecule has 8 nitrogen and oxygen atoms in total. The second-order valence-electron chi connectivity index (χ2n) is 7.07. The number of nitrogens with zero attached hydrogens (tertiary/aromatic N) is 5. The Morgan fingerprint density at radius 3 is 2.64 bits per heavy atom. The third-order valence-corrected chi connectivity index (χ3v) is 4.76. The SMILES string of the molecule is CCNC(=NCCCc1nn(-c2ccc(F)cc2)c(N)c1C#N)NCCc1ccccn1.I. The number of nitrogens with two attached hydrogens (primary N) is 1. The Morgan fingerprint density at radius 1 is 1.18 bits per heavy atom. The van der Waals surface area contributed by atoms with E-state index in [1.807, 2.05) is 25.1 Å². The molecule has 0 radical (unpaired) electrons. The summed E-state index contributed by atoms with van der Waals surface area (Å²) in [5, 5.41) is 20.5. The van der Waals surface area contributed by atoms with Crippen LogP contribution in [0.15, 0.2) is 53.7 Å². The molecule has 0 aliphatic heterocycles. The van der Waals surface area contributed by atoms with Crippen molar-refractivity contribution in [2.24, 2.45) is 4.99 Å². The first-order valence-corrected chi connectivity index (χ1v) is 10.6. The average molecular weight is 562 g/mol. The van der Waals surface area contributed by atoms with Crippen molar-refractivity contribution < 1.29 is 4.39 Å². The quantitative estimate of drug-likeness (QED) is 0.160. The summed E-state index contributed by atoms with van der Waals surface area (Å²) in [6.07, 6.45) is 3.84. The van der Waals surface area contributed by atoms with E-state index in [4.69, 9.17) is 5.73 Å². The maximum absolute atomic E-state index is 13.2. The third-order valence-electron chi connectivity index (χ3n) is 4.76. The first kappa shape index (κ1) is 26.1. The average Bonchev–Trinajstić information content (AvgIpc) is 3.13. The van der Waals surface area contributed by atoms with Crippen LogP contribution in [0.25, 0.3) is 5.69 Å². The zero-order chi connectivity index (χ0) is 22.8. The monoisotopic (exact) mass is 562 g/mol. The van der Waals surface area contributed by atoms with Crippen LogP contribution in [-0.2, 0) is 12.8 Å². The van der Waals surface area contributed by atoms with Crippen molar-refractivity contribution >= 4 is 35.8 Å². The lowest BCUT2D eigenvalue weighted by Gasteiger charge is -2.11. The number of pyridine rings is 1. The number of benzene rings is 1. The van der Waals surface area contributed by atoms with Crippen LogP contribution in [-0.4, -0.2) is 40.4 Å². The molecule has 3 aromatic rings. The maximum Gasteiger partial charge on any atom is 0.191 e. The third kappa shape index (κ3) is 7.42. The van der Waals surface area contributed by atoms with E-state index in [9.17, 15) is 9.65 Å². The summed E-state index contributed by atoms with van der Waals surface area (Å²) < 4.78 is 14.7. The van der Waals surface area contributed by atoms with Gasteiger partial charge < -0.3 is 16.4 Å². The highest BCUT2D eigenvalue weighted by atomic mass is 127. The molecule has 0 amide bonds. The van der Waals surface area contributed by atoms with E-state index in [1.165, 1.54) is 16.8 Å². The summed E-state index contributed by atoms with van der Waals surface area (Å²) >= 11 is 0. The molecule has 0 saturated carbocycles. The summed E-state index contributed by atoms with van der Waals surface area (Å²) in [4.78, 5) is 8.91. The minimum atomic E-state index is -0.344. The van der Waals surface area contributed by atoms with Gasteiger partial charge in [-0.05, 0) is 56.2 Å². The molecule has 0 bridgehead atoms. The molecule has 1 aromatic carbocycles. The number of aliphatic imine (C=N–C) groups is 1. The number of nitriles is 1. The summed E-state index contributed by atoms with van der Waals surface area (Å²) in [7, 11) is 0. The lowest BCUT2D eigenvalue weighted by molar-refractivity contribution is 0.627. The Hall–Kier alpha value is -3.20. The fourth-order valence-corrected chi connectivity index (χ4v) is 3.19. The molecule has 0 spiro atoms. The van der Waals surface area contributed by atoms with E-state index in [-0.39, 0.29) is 35.6 Å². The fourth-order valence-electron chi connectivity index (χ4n) is 3.19. The highest BCUT2D eigenvalue weighted by Crippen LogP contribution is 2.21. The molecular formula is C23H28FIN8. The van der Waals surface area contributed by atoms with Crippen LogP contribution >= 0.6 is 24.0 Å². The van der Waals surface area contributed by atoms with Crippen LogP contribution in [0.2, 0.25) is 0 Å². The molecule has 4 N–H and O–H groups in total. The van der Waals surface area contributed by atoms with Gasteiger partial charge >= 0.3 is 0 Å². The van der Waals surface area contributed by atoms with Gasteiger partial charge in [0.1, 0.15) is 23.3 Å². The molecule has 0 saturated heterocycles. The van der Waals surface area contributed by atoms with Gasteiger partial charge in [-0.1, -0.05) is 6.07 Å². The van der Waals surface area contributed by atoms with E-state index in [0.29, 0.717) is 36.3 Å². The Bertz CT molecular complexity index is 1070. The van der Waals surface area contributed by atoms with Crippen LogP contribution in [0.4, 0.5) is 10.2 Å². The van der Waals surface area contributed by atoms with Gasteiger partial charge in [0.15, 0.2) is 5.96 Å². The van der Waals surface area contributed by atoms with Gasteiger partial charge in [-0.3, -0.25) is 9.98 Å². The predicted octanol–water partition coefficient (Wildman–Crippen LogP) is 3.21. The number of hydrogen-bond donors (Lipinski definition) is 3. The second kappa shape index (κ2) is 13.4. The van der Waals surface area contributed by atoms with E-state index in [2.05, 4.69) is 31.8 Å². The first-order chi connectivity index (χ1) is 15.6. The van der Waals surface area contributed by atoms with Crippen molar-refractivity contribution in [3.63, 3.8) is 0 Å². The summed E-state index contributed by atoms with van der Waals surface area (Å²) in [6.45, 7) is 4.06. The van der Waals surface area contributed by atoms with Crippen molar-refractivity contribution in [1.82, 2.24) is 25.4 Å². The Labute approximate surface area is 210 Å². The van der Waals surface area contributed by atoms with E-state index in [1.54, 1.807) is 18.3 Å². The highest BCUT2D eigenvalue weighted by Gasteiger charge is 2.16. The molecule has 2 heterocycles. The molecule has 0 atom stereocenters. The normalized spacial score (nSPS) is 10.9. The van der Waals surface area contributed by atoms with E-state index >= 15 is 0 Å². The molecule has 3 rings (SSSR count). The van der Waals surface area contributed by atoms with Gasteiger partial charge in [0.05, 0.1) is 11.4 Å². The zero-order valence-electron chi connectivity index (χ0n) is 18.5. The van der Waals surface area contributed by atoms with Crippen LogP contribution in [0, 0.1) is 17.1 Å². The number of aromatic nitrogens is 3. The van der Waals surface area contributed by atoms with Gasteiger partial charge in [-0.2, -0.15) is 10.4 Å². The maximum atomic E-state index is 13.2. The molecule has 0 aliphatic rings. The molecule has 33 heavy (non-hydrogen) atoms. The number of nitrogen functional groups attached to an aromatic ring is 1. The molecule has 10 heteroatoms. The molecule has 2 aromatic heterocycles. The van der Waals surface area contributed by atoms with Crippen LogP contribution < -0.4 is 16.4 Å². The molecule has 174 valence electrons. The largest absolute Gasteiger partial charge is 0.382 e. The van der Waals surface area contributed by atoms with E-state index < -0.39 is 0 Å². The first-order valence-electron chi connectivity index (χ1n) is 10.6. The van der Waals surface area contributed by atoms with E-state index in [0.717, 1.165) is 31.2 Å². The van der Waals surface area contributed by atoms with Crippen molar-refractivity contribution in [1.29, 1.82) is 5.26 Å². The Kier molecular flexibility index (Phi) is 10.6. The van der Waals surface area contributed by atoms with Crippen LogP contribution in [0.1, 0.15) is 30.3 Å². The van der Waals surface area contributed by atoms with Gasteiger partial charge in [-0.25, -0.2) is 9.07 Å². The Morgan fingerprint density at radius 2 is 1.97 bits per heavy atom. The minimum absolute atomic E-state index is 0. The van der Waals surface area contributed by atoms with Gasteiger partial charge in [0.2, 0.25) is 0 Å². The smallest absolute Gasteiger partial charge is 0.191 e. The summed E-state index contributed by atoms with van der Waals surface area (Å²) in [6, 6.07) is 13.8. The second-order valence-corrected chi connectivity index (χ2v) is 7.07. The standard InChI is InChI=1S/C23H27FN8.HI/c1-2-27-23(30-15-12-18-6-3-4-13-28-18)29-14-5-7-21-20(16-25)22(26)32(31-21)19-10-8-17(24)9-11-19;/h3-4,6,8-11,13H,2,5,7,12,14-15,26H2,1H3,(H2,27,29,30);1H. The number of rotatable bonds is 9. The van der Waals surface area contributed by atoms with Crippen molar-refractivity contribution in [3.8, 4) is 11.8 Å². The molecule has 0 fully saturated rings. The predicted molar refractivity (Wildman–Crippen MR) is 138 cm³/mol. The van der Waals surface area contributed by atoms with Crippen molar-refractivity contribution in [2.75, 3.05) is 25.4 Å². The summed E-state index contributed by atoms with van der Waals surface area (Å²) in [5.41, 5.74) is 8.70. The Balaban J connectivity index is 0.00000385. The van der Waals surface area contributed by atoms with Gasteiger partial charge in [0, 0.05) is 37.9 Å². The lowest BCUT2D eigenvalue weighted by atomic mass is 10.1.